The first-order chi connectivity index (χ1) is 14.9. The molecule has 0 unspecified atom stereocenters. The number of amides is 3. The molecule has 31 heavy (non-hydrogen) atoms. The zero-order valence-electron chi connectivity index (χ0n) is 17.9. The van der Waals surface area contributed by atoms with Crippen molar-refractivity contribution < 1.29 is 23.9 Å². The van der Waals surface area contributed by atoms with Gasteiger partial charge in [-0.3, -0.25) is 24.1 Å². The third kappa shape index (κ3) is 4.66. The van der Waals surface area contributed by atoms with Crippen LogP contribution in [-0.4, -0.2) is 41.2 Å². The summed E-state index contributed by atoms with van der Waals surface area (Å²) in [7, 11) is 0. The van der Waals surface area contributed by atoms with Crippen molar-refractivity contribution in [2.75, 3.05) is 11.9 Å². The Labute approximate surface area is 181 Å². The van der Waals surface area contributed by atoms with Crippen LogP contribution < -0.4 is 5.32 Å². The van der Waals surface area contributed by atoms with Gasteiger partial charge in [0.05, 0.1) is 17.5 Å². The summed E-state index contributed by atoms with van der Waals surface area (Å²) in [6, 6.07) is 12.4. The standard InChI is InChI=1S/C24H26N2O5/c1-4-16-9-8-10-17(5-2)21(16)25-22(28)15(3)31-20(27)13-14-26-23(29)18-11-6-7-12-19(18)24(26)30/h6-12,15H,4-5,13-14H2,1-3H3,(H,25,28)/t15-/m1/s1. The summed E-state index contributed by atoms with van der Waals surface area (Å²) in [5, 5.41) is 2.87. The number of benzene rings is 2. The third-order valence-electron chi connectivity index (χ3n) is 5.34. The van der Waals surface area contributed by atoms with Gasteiger partial charge in [-0.1, -0.05) is 44.2 Å². The molecule has 0 spiro atoms. The molecule has 7 heteroatoms. The maximum atomic E-state index is 12.6. The summed E-state index contributed by atoms with van der Waals surface area (Å²) in [5.41, 5.74) is 3.44. The van der Waals surface area contributed by atoms with Crippen molar-refractivity contribution in [3.05, 3.63) is 64.7 Å². The Hall–Kier alpha value is -3.48. The zero-order valence-corrected chi connectivity index (χ0v) is 17.9. The van der Waals surface area contributed by atoms with E-state index < -0.39 is 29.8 Å². The molecule has 3 amide bonds. The fourth-order valence-corrected chi connectivity index (χ4v) is 3.58. The van der Waals surface area contributed by atoms with Crippen molar-refractivity contribution in [1.29, 1.82) is 0 Å². The maximum Gasteiger partial charge on any atom is 0.308 e. The van der Waals surface area contributed by atoms with E-state index in [-0.39, 0.29) is 13.0 Å². The van der Waals surface area contributed by atoms with Crippen LogP contribution in [0, 0.1) is 0 Å². The summed E-state index contributed by atoms with van der Waals surface area (Å²) < 4.78 is 5.24. The normalized spacial score (nSPS) is 13.7. The molecule has 1 aliphatic rings. The SMILES string of the molecule is CCc1cccc(CC)c1NC(=O)[C@@H](C)OC(=O)CCN1C(=O)c2ccccc2C1=O. The quantitative estimate of drug-likeness (QED) is 0.520. The molecule has 0 bridgehead atoms. The summed E-state index contributed by atoms with van der Waals surface area (Å²) in [4.78, 5) is 50.6. The monoisotopic (exact) mass is 422 g/mol. The van der Waals surface area contributed by atoms with Crippen molar-refractivity contribution in [1.82, 2.24) is 4.90 Å². The highest BCUT2D eigenvalue weighted by molar-refractivity contribution is 6.21. The van der Waals surface area contributed by atoms with Crippen molar-refractivity contribution in [2.24, 2.45) is 0 Å². The number of fused-ring (bicyclic) bond motifs is 1. The molecule has 0 aromatic heterocycles. The predicted molar refractivity (Wildman–Crippen MR) is 116 cm³/mol. The number of rotatable bonds is 8. The third-order valence-corrected chi connectivity index (χ3v) is 5.34. The van der Waals surface area contributed by atoms with Crippen molar-refractivity contribution in [3.8, 4) is 0 Å². The average Bonchev–Trinajstić information content (AvgIpc) is 3.02. The van der Waals surface area contributed by atoms with Crippen LogP contribution in [0.3, 0.4) is 0 Å². The van der Waals surface area contributed by atoms with Gasteiger partial charge in [0.1, 0.15) is 0 Å². The van der Waals surface area contributed by atoms with Gasteiger partial charge in [0, 0.05) is 12.2 Å². The molecule has 1 atom stereocenters. The number of hydrogen-bond acceptors (Lipinski definition) is 5. The fourth-order valence-electron chi connectivity index (χ4n) is 3.58. The molecule has 1 heterocycles. The minimum absolute atomic E-state index is 0.0990. The second-order valence-electron chi connectivity index (χ2n) is 7.34. The molecular formula is C24H26N2O5. The number of imide groups is 1. The summed E-state index contributed by atoms with van der Waals surface area (Å²) in [6.45, 7) is 5.41. The van der Waals surface area contributed by atoms with E-state index in [1.54, 1.807) is 24.3 Å². The Kier molecular flexibility index (Phi) is 6.84. The van der Waals surface area contributed by atoms with E-state index in [0.717, 1.165) is 34.6 Å². The molecule has 0 saturated heterocycles. The molecule has 7 nitrogen and oxygen atoms in total. The van der Waals surface area contributed by atoms with Crippen molar-refractivity contribution in [3.63, 3.8) is 0 Å². The first kappa shape index (κ1) is 22.2. The van der Waals surface area contributed by atoms with Crippen LogP contribution in [0.4, 0.5) is 5.69 Å². The Bertz CT molecular complexity index is 973. The molecule has 0 radical (unpaired) electrons. The number of nitrogens with one attached hydrogen (secondary N) is 1. The lowest BCUT2D eigenvalue weighted by atomic mass is 10.0. The number of aryl methyl sites for hydroxylation is 2. The van der Waals surface area contributed by atoms with Crippen molar-refractivity contribution >= 4 is 29.4 Å². The number of para-hydroxylation sites is 1. The Morgan fingerprint density at radius 1 is 0.935 bits per heavy atom. The lowest BCUT2D eigenvalue weighted by molar-refractivity contribution is -0.153. The largest absolute Gasteiger partial charge is 0.452 e. The van der Waals surface area contributed by atoms with E-state index in [2.05, 4.69) is 5.32 Å². The van der Waals surface area contributed by atoms with Gasteiger partial charge in [0.15, 0.2) is 6.10 Å². The van der Waals surface area contributed by atoms with Crippen LogP contribution >= 0.6 is 0 Å². The van der Waals surface area contributed by atoms with Crippen LogP contribution in [-0.2, 0) is 27.2 Å². The van der Waals surface area contributed by atoms with Gasteiger partial charge < -0.3 is 10.1 Å². The van der Waals surface area contributed by atoms with Gasteiger partial charge in [-0.15, -0.1) is 0 Å². The number of nitrogens with zero attached hydrogens (tertiary/aromatic N) is 1. The van der Waals surface area contributed by atoms with Crippen LogP contribution in [0.15, 0.2) is 42.5 Å². The first-order valence-corrected chi connectivity index (χ1v) is 10.4. The van der Waals surface area contributed by atoms with Crippen molar-refractivity contribution in [2.45, 2.75) is 46.1 Å². The lowest BCUT2D eigenvalue weighted by Gasteiger charge is -2.18. The fraction of sp³-hybridized carbons (Fsp3) is 0.333. The van der Waals surface area contributed by atoms with E-state index in [0.29, 0.717) is 11.1 Å². The van der Waals surface area contributed by atoms with Gasteiger partial charge in [0.25, 0.3) is 17.7 Å². The molecule has 1 N–H and O–H groups in total. The van der Waals surface area contributed by atoms with Gasteiger partial charge in [0.2, 0.25) is 0 Å². The van der Waals surface area contributed by atoms with Crippen LogP contribution in [0.2, 0.25) is 0 Å². The topological polar surface area (TPSA) is 92.8 Å². The van der Waals surface area contributed by atoms with Gasteiger partial charge in [-0.05, 0) is 43.0 Å². The number of carbonyl (C=O) groups is 4. The smallest absolute Gasteiger partial charge is 0.308 e. The second kappa shape index (κ2) is 9.55. The molecule has 3 rings (SSSR count). The van der Waals surface area contributed by atoms with E-state index >= 15 is 0 Å². The minimum Gasteiger partial charge on any atom is -0.452 e. The molecule has 162 valence electrons. The van der Waals surface area contributed by atoms with E-state index in [1.165, 1.54) is 6.92 Å². The van der Waals surface area contributed by atoms with Crippen LogP contribution in [0.5, 0.6) is 0 Å². The van der Waals surface area contributed by atoms with E-state index in [9.17, 15) is 19.2 Å². The highest BCUT2D eigenvalue weighted by atomic mass is 16.5. The predicted octanol–water partition coefficient (Wildman–Crippen LogP) is 3.37. The van der Waals surface area contributed by atoms with Gasteiger partial charge in [-0.25, -0.2) is 0 Å². The molecule has 2 aromatic rings. The molecule has 0 saturated carbocycles. The van der Waals surface area contributed by atoms with Gasteiger partial charge >= 0.3 is 5.97 Å². The molecular weight excluding hydrogens is 396 g/mol. The Balaban J connectivity index is 1.56. The van der Waals surface area contributed by atoms with Crippen LogP contribution in [0.1, 0.15) is 59.0 Å². The minimum atomic E-state index is -1.01. The van der Waals surface area contributed by atoms with Gasteiger partial charge in [-0.2, -0.15) is 0 Å². The number of carbonyl (C=O) groups excluding carboxylic acids is 4. The number of esters is 1. The highest BCUT2D eigenvalue weighted by Crippen LogP contribution is 2.24. The molecule has 2 aromatic carbocycles. The first-order valence-electron chi connectivity index (χ1n) is 10.4. The number of anilines is 1. The molecule has 0 fully saturated rings. The Morgan fingerprint density at radius 3 is 2.00 bits per heavy atom. The summed E-state index contributed by atoms with van der Waals surface area (Å²) in [5.74, 6) is -1.94. The highest BCUT2D eigenvalue weighted by Gasteiger charge is 2.35. The summed E-state index contributed by atoms with van der Waals surface area (Å²) in [6.07, 6.45) is 0.328. The van der Waals surface area contributed by atoms with E-state index in [4.69, 9.17) is 4.74 Å². The number of ether oxygens (including phenoxy) is 1. The average molecular weight is 422 g/mol. The van der Waals surface area contributed by atoms with E-state index in [1.807, 2.05) is 32.0 Å². The maximum absolute atomic E-state index is 12.6. The molecule has 0 aliphatic carbocycles. The lowest BCUT2D eigenvalue weighted by Crippen LogP contribution is -2.34. The zero-order chi connectivity index (χ0) is 22.5. The Morgan fingerprint density at radius 2 is 1.48 bits per heavy atom. The number of hydrogen-bond donors (Lipinski definition) is 1. The summed E-state index contributed by atoms with van der Waals surface area (Å²) >= 11 is 0. The van der Waals surface area contributed by atoms with Crippen LogP contribution in [0.25, 0.3) is 0 Å². The molecule has 1 aliphatic heterocycles. The second-order valence-corrected chi connectivity index (χ2v) is 7.34.